The van der Waals surface area contributed by atoms with Gasteiger partial charge in [-0.2, -0.15) is 0 Å². The van der Waals surface area contributed by atoms with Gasteiger partial charge in [0.05, 0.1) is 12.6 Å². The number of carbonyl (C=O) groups excluding carboxylic acids is 1. The Hall–Kier alpha value is -1.62. The van der Waals surface area contributed by atoms with Crippen LogP contribution < -0.4 is 10.1 Å². The summed E-state index contributed by atoms with van der Waals surface area (Å²) in [7, 11) is 0. The molecule has 5 heteroatoms. The molecule has 0 aromatic heterocycles. The third-order valence-electron chi connectivity index (χ3n) is 4.21. The number of benzene rings is 1. The van der Waals surface area contributed by atoms with Crippen molar-refractivity contribution in [1.82, 2.24) is 5.32 Å². The van der Waals surface area contributed by atoms with Gasteiger partial charge in [-0.15, -0.1) is 0 Å². The third kappa shape index (κ3) is 3.77. The van der Waals surface area contributed by atoms with Crippen LogP contribution in [0.2, 0.25) is 0 Å². The summed E-state index contributed by atoms with van der Waals surface area (Å²) in [6.45, 7) is 3.06. The van der Waals surface area contributed by atoms with Gasteiger partial charge in [0.25, 0.3) is 0 Å². The highest BCUT2D eigenvalue weighted by atomic mass is 19.1. The molecule has 1 saturated carbocycles. The summed E-state index contributed by atoms with van der Waals surface area (Å²) in [6.07, 6.45) is 3.64. The zero-order valence-electron chi connectivity index (χ0n) is 12.8. The van der Waals surface area contributed by atoms with Gasteiger partial charge in [-0.1, -0.05) is 6.07 Å². The Kier molecular flexibility index (Phi) is 4.62. The lowest BCUT2D eigenvalue weighted by Crippen LogP contribution is -2.35. The highest BCUT2D eigenvalue weighted by Crippen LogP contribution is 2.30. The molecule has 2 atom stereocenters. The van der Waals surface area contributed by atoms with Gasteiger partial charge in [-0.05, 0) is 56.2 Å². The maximum atomic E-state index is 14.1. The molecule has 0 spiro atoms. The molecule has 2 fully saturated rings. The van der Waals surface area contributed by atoms with Crippen LogP contribution in [0.15, 0.2) is 18.2 Å². The van der Waals surface area contributed by atoms with Gasteiger partial charge < -0.3 is 14.8 Å². The standard InChI is InChI=1S/C17H22FNO3/c1-11(19-17(20)16-3-2-8-21-16)13-6-7-15(14(18)9-13)22-10-12-4-5-12/h6-7,9,11-12,16H,2-5,8,10H2,1H3,(H,19,20)/t11-,16+/m1/s1. The Morgan fingerprint density at radius 3 is 2.91 bits per heavy atom. The van der Waals surface area contributed by atoms with E-state index in [1.165, 1.54) is 18.9 Å². The third-order valence-corrected chi connectivity index (χ3v) is 4.21. The molecule has 1 heterocycles. The molecule has 0 radical (unpaired) electrons. The second-order valence-corrected chi connectivity index (χ2v) is 6.18. The smallest absolute Gasteiger partial charge is 0.249 e. The van der Waals surface area contributed by atoms with E-state index in [1.54, 1.807) is 12.1 Å². The topological polar surface area (TPSA) is 47.6 Å². The van der Waals surface area contributed by atoms with E-state index in [4.69, 9.17) is 9.47 Å². The molecule has 1 saturated heterocycles. The van der Waals surface area contributed by atoms with E-state index >= 15 is 0 Å². The number of nitrogens with one attached hydrogen (secondary N) is 1. The van der Waals surface area contributed by atoms with Crippen molar-refractivity contribution < 1.29 is 18.7 Å². The van der Waals surface area contributed by atoms with Crippen LogP contribution in [0.25, 0.3) is 0 Å². The number of carbonyl (C=O) groups is 1. The minimum atomic E-state index is -0.378. The maximum absolute atomic E-state index is 14.1. The summed E-state index contributed by atoms with van der Waals surface area (Å²) in [5, 5.41) is 2.87. The van der Waals surface area contributed by atoms with Gasteiger partial charge in [0.1, 0.15) is 6.10 Å². The zero-order valence-corrected chi connectivity index (χ0v) is 12.8. The SMILES string of the molecule is C[C@@H](NC(=O)[C@@H]1CCCO1)c1ccc(OCC2CC2)c(F)c1. The summed E-state index contributed by atoms with van der Waals surface area (Å²) < 4.78 is 24.9. The molecule has 1 amide bonds. The van der Waals surface area contributed by atoms with E-state index in [1.807, 2.05) is 6.92 Å². The molecule has 22 heavy (non-hydrogen) atoms. The average Bonchev–Trinajstić information content (AvgIpc) is 3.16. The molecule has 1 aromatic rings. The van der Waals surface area contributed by atoms with E-state index in [0.29, 0.717) is 19.1 Å². The molecule has 0 unspecified atom stereocenters. The van der Waals surface area contributed by atoms with E-state index in [9.17, 15) is 9.18 Å². The zero-order chi connectivity index (χ0) is 15.5. The fourth-order valence-corrected chi connectivity index (χ4v) is 2.57. The maximum Gasteiger partial charge on any atom is 0.249 e. The lowest BCUT2D eigenvalue weighted by atomic mass is 10.1. The first-order chi connectivity index (χ1) is 10.6. The molecule has 4 nitrogen and oxygen atoms in total. The number of hydrogen-bond acceptors (Lipinski definition) is 3. The molecule has 1 N–H and O–H groups in total. The second-order valence-electron chi connectivity index (χ2n) is 6.18. The highest BCUT2D eigenvalue weighted by Gasteiger charge is 2.25. The quantitative estimate of drug-likeness (QED) is 0.879. The van der Waals surface area contributed by atoms with Crippen molar-refractivity contribution in [2.75, 3.05) is 13.2 Å². The van der Waals surface area contributed by atoms with Crippen LogP contribution in [0, 0.1) is 11.7 Å². The van der Waals surface area contributed by atoms with Gasteiger partial charge >= 0.3 is 0 Å². The van der Waals surface area contributed by atoms with E-state index < -0.39 is 0 Å². The fraction of sp³-hybridized carbons (Fsp3) is 0.588. The highest BCUT2D eigenvalue weighted by molar-refractivity contribution is 5.81. The lowest BCUT2D eigenvalue weighted by Gasteiger charge is -2.18. The molecule has 1 aromatic carbocycles. The molecule has 0 bridgehead atoms. The van der Waals surface area contributed by atoms with Crippen LogP contribution in [0.5, 0.6) is 5.75 Å². The van der Waals surface area contributed by atoms with Crippen LogP contribution in [0.4, 0.5) is 4.39 Å². The Balaban J connectivity index is 1.57. The minimum absolute atomic E-state index is 0.125. The van der Waals surface area contributed by atoms with Gasteiger partial charge in [0, 0.05) is 6.61 Å². The van der Waals surface area contributed by atoms with Crippen molar-refractivity contribution >= 4 is 5.91 Å². The van der Waals surface area contributed by atoms with Crippen LogP contribution in [0.1, 0.15) is 44.2 Å². The Labute approximate surface area is 130 Å². The number of halogens is 1. The first kappa shape index (κ1) is 15.3. The predicted molar refractivity (Wildman–Crippen MR) is 80.2 cm³/mol. The number of hydrogen-bond donors (Lipinski definition) is 1. The Bertz CT molecular complexity index is 539. The fourth-order valence-electron chi connectivity index (χ4n) is 2.57. The Morgan fingerprint density at radius 1 is 1.45 bits per heavy atom. The molecule has 3 rings (SSSR count). The predicted octanol–water partition coefficient (Wildman–Crippen LogP) is 2.97. The van der Waals surface area contributed by atoms with Gasteiger partial charge in [0.15, 0.2) is 11.6 Å². The van der Waals surface area contributed by atoms with Crippen LogP contribution in [-0.2, 0) is 9.53 Å². The number of rotatable bonds is 6. The van der Waals surface area contributed by atoms with Gasteiger partial charge in [-0.25, -0.2) is 4.39 Å². The Morgan fingerprint density at radius 2 is 2.27 bits per heavy atom. The first-order valence-electron chi connectivity index (χ1n) is 7.97. The number of amides is 1. The van der Waals surface area contributed by atoms with Crippen LogP contribution >= 0.6 is 0 Å². The molecular weight excluding hydrogens is 285 g/mol. The minimum Gasteiger partial charge on any atom is -0.490 e. The van der Waals surface area contributed by atoms with Crippen molar-refractivity contribution in [3.8, 4) is 5.75 Å². The van der Waals surface area contributed by atoms with Gasteiger partial charge in [0.2, 0.25) is 5.91 Å². The van der Waals surface area contributed by atoms with Crippen molar-refractivity contribution in [1.29, 1.82) is 0 Å². The first-order valence-corrected chi connectivity index (χ1v) is 7.97. The van der Waals surface area contributed by atoms with E-state index in [2.05, 4.69) is 5.32 Å². The van der Waals surface area contributed by atoms with E-state index in [-0.39, 0.29) is 29.6 Å². The van der Waals surface area contributed by atoms with Crippen LogP contribution in [-0.4, -0.2) is 25.2 Å². The second kappa shape index (κ2) is 6.65. The molecule has 120 valence electrons. The van der Waals surface area contributed by atoms with E-state index in [0.717, 1.165) is 18.4 Å². The molecular formula is C17H22FNO3. The summed E-state index contributed by atoms with van der Waals surface area (Å²) in [5.74, 6) is 0.368. The summed E-state index contributed by atoms with van der Waals surface area (Å²) >= 11 is 0. The summed E-state index contributed by atoms with van der Waals surface area (Å²) in [4.78, 5) is 12.0. The van der Waals surface area contributed by atoms with Crippen LogP contribution in [0.3, 0.4) is 0 Å². The van der Waals surface area contributed by atoms with Gasteiger partial charge in [-0.3, -0.25) is 4.79 Å². The van der Waals surface area contributed by atoms with Crippen molar-refractivity contribution in [2.24, 2.45) is 5.92 Å². The van der Waals surface area contributed by atoms with Crippen molar-refractivity contribution in [3.05, 3.63) is 29.6 Å². The summed E-state index contributed by atoms with van der Waals surface area (Å²) in [5.41, 5.74) is 0.725. The monoisotopic (exact) mass is 307 g/mol. The molecule has 1 aliphatic carbocycles. The lowest BCUT2D eigenvalue weighted by molar-refractivity contribution is -0.130. The largest absolute Gasteiger partial charge is 0.490 e. The molecule has 1 aliphatic heterocycles. The normalized spacial score (nSPS) is 22.4. The average molecular weight is 307 g/mol. The van der Waals surface area contributed by atoms with Crippen molar-refractivity contribution in [2.45, 2.75) is 44.8 Å². The van der Waals surface area contributed by atoms with Crippen molar-refractivity contribution in [3.63, 3.8) is 0 Å². The number of ether oxygens (including phenoxy) is 2. The summed E-state index contributed by atoms with van der Waals surface area (Å²) in [6, 6.07) is 4.61. The molecule has 2 aliphatic rings.